The number of anilines is 1. The minimum Gasteiger partial charge on any atom is -0.276 e. The van der Waals surface area contributed by atoms with Gasteiger partial charge >= 0.3 is 0 Å². The molecular formula is C22H17ClFN5. The molecule has 2 aromatic heterocycles. The Morgan fingerprint density at radius 3 is 2.79 bits per heavy atom. The van der Waals surface area contributed by atoms with Gasteiger partial charge in [-0.25, -0.2) is 9.37 Å². The molecule has 0 saturated heterocycles. The molecule has 0 fully saturated rings. The van der Waals surface area contributed by atoms with E-state index in [4.69, 9.17) is 11.6 Å². The van der Waals surface area contributed by atoms with E-state index in [-0.39, 0.29) is 10.6 Å². The van der Waals surface area contributed by atoms with Crippen LogP contribution in [0.25, 0.3) is 16.7 Å². The second-order valence-corrected chi connectivity index (χ2v) is 6.96. The summed E-state index contributed by atoms with van der Waals surface area (Å²) in [4.78, 5) is 4.64. The van der Waals surface area contributed by atoms with Gasteiger partial charge in [0.1, 0.15) is 17.7 Å². The molecule has 2 heterocycles. The molecule has 0 saturated carbocycles. The quantitative estimate of drug-likeness (QED) is 0.361. The zero-order chi connectivity index (χ0) is 20.5. The fraction of sp³-hybridized carbons (Fsp3) is 0.136. The number of benzene rings is 2. The van der Waals surface area contributed by atoms with E-state index in [0.29, 0.717) is 23.4 Å². The maximum atomic E-state index is 14.0. The lowest BCUT2D eigenvalue weighted by Gasteiger charge is -2.15. The first-order valence-electron chi connectivity index (χ1n) is 9.12. The first kappa shape index (κ1) is 18.9. The van der Waals surface area contributed by atoms with Crippen LogP contribution in [0.1, 0.15) is 29.2 Å². The van der Waals surface area contributed by atoms with E-state index in [1.807, 2.05) is 42.5 Å². The molecule has 144 valence electrons. The van der Waals surface area contributed by atoms with Crippen molar-refractivity contribution in [2.75, 3.05) is 5.43 Å². The third-order valence-electron chi connectivity index (χ3n) is 4.95. The third kappa shape index (κ3) is 3.10. The van der Waals surface area contributed by atoms with Crippen molar-refractivity contribution in [2.24, 2.45) is 5.10 Å². The van der Waals surface area contributed by atoms with Gasteiger partial charge in [-0.3, -0.25) is 9.83 Å². The minimum atomic E-state index is -0.451. The lowest BCUT2D eigenvalue weighted by Crippen LogP contribution is -2.07. The Bertz CT molecular complexity index is 1300. The number of halogens is 2. The number of rotatable bonds is 4. The van der Waals surface area contributed by atoms with Crippen LogP contribution in [-0.2, 0) is 6.42 Å². The van der Waals surface area contributed by atoms with Crippen LogP contribution < -0.4 is 5.43 Å². The summed E-state index contributed by atoms with van der Waals surface area (Å²) < 4.78 is 15.9. The van der Waals surface area contributed by atoms with Gasteiger partial charge < -0.3 is 0 Å². The summed E-state index contributed by atoms with van der Waals surface area (Å²) in [6.07, 6.45) is 2.04. The van der Waals surface area contributed by atoms with Crippen LogP contribution in [0.5, 0.6) is 0 Å². The monoisotopic (exact) mass is 405 g/mol. The smallest absolute Gasteiger partial charge is 0.157 e. The van der Waals surface area contributed by atoms with Gasteiger partial charge in [-0.05, 0) is 48.7 Å². The molecule has 2 aromatic carbocycles. The van der Waals surface area contributed by atoms with Crippen molar-refractivity contribution in [3.8, 4) is 6.07 Å². The van der Waals surface area contributed by atoms with Crippen LogP contribution in [0.4, 0.5) is 10.2 Å². The number of hydrogen-bond acceptors (Lipinski definition) is 4. The molecule has 4 aromatic rings. The van der Waals surface area contributed by atoms with E-state index >= 15 is 0 Å². The molecule has 4 rings (SSSR count). The highest BCUT2D eigenvalue weighted by atomic mass is 35.5. The SMILES string of the molecule is CCc1c(C)c(C#N)c2nc3ccccc3n2c1N/N=C/c1c(F)cccc1Cl. The van der Waals surface area contributed by atoms with E-state index in [0.717, 1.165) is 22.2 Å². The predicted octanol–water partition coefficient (Wildman–Crippen LogP) is 5.47. The average molecular weight is 406 g/mol. The Hall–Kier alpha value is -3.43. The Morgan fingerprint density at radius 1 is 1.28 bits per heavy atom. The van der Waals surface area contributed by atoms with Gasteiger partial charge in [-0.15, -0.1) is 0 Å². The summed E-state index contributed by atoms with van der Waals surface area (Å²) in [6, 6.07) is 14.4. The molecule has 0 aliphatic carbocycles. The van der Waals surface area contributed by atoms with Gasteiger partial charge in [-0.2, -0.15) is 10.4 Å². The highest BCUT2D eigenvalue weighted by Crippen LogP contribution is 2.31. The number of nitrogens with one attached hydrogen (secondary N) is 1. The Kier molecular flexibility index (Phi) is 4.91. The Balaban J connectivity index is 1.93. The van der Waals surface area contributed by atoms with Gasteiger partial charge in [-0.1, -0.05) is 36.7 Å². The van der Waals surface area contributed by atoms with Crippen LogP contribution >= 0.6 is 11.6 Å². The number of pyridine rings is 1. The molecule has 0 bridgehead atoms. The molecule has 0 aliphatic rings. The molecule has 0 aliphatic heterocycles. The van der Waals surface area contributed by atoms with Crippen LogP contribution in [-0.4, -0.2) is 15.6 Å². The van der Waals surface area contributed by atoms with Crippen molar-refractivity contribution in [1.29, 1.82) is 5.26 Å². The molecule has 5 nitrogen and oxygen atoms in total. The van der Waals surface area contributed by atoms with Crippen molar-refractivity contribution in [3.63, 3.8) is 0 Å². The number of nitrogens with zero attached hydrogens (tertiary/aromatic N) is 4. The summed E-state index contributed by atoms with van der Waals surface area (Å²) >= 11 is 6.08. The second-order valence-electron chi connectivity index (χ2n) is 6.56. The zero-order valence-corrected chi connectivity index (χ0v) is 16.6. The first-order valence-corrected chi connectivity index (χ1v) is 9.50. The van der Waals surface area contributed by atoms with Gasteiger partial charge in [0, 0.05) is 5.56 Å². The van der Waals surface area contributed by atoms with E-state index < -0.39 is 5.82 Å². The highest BCUT2D eigenvalue weighted by Gasteiger charge is 2.19. The molecule has 1 N–H and O–H groups in total. The van der Waals surface area contributed by atoms with Gasteiger partial charge in [0.25, 0.3) is 0 Å². The fourth-order valence-corrected chi connectivity index (χ4v) is 3.74. The second kappa shape index (κ2) is 7.53. The molecule has 0 unspecified atom stereocenters. The van der Waals surface area contributed by atoms with Crippen molar-refractivity contribution in [1.82, 2.24) is 9.38 Å². The predicted molar refractivity (Wildman–Crippen MR) is 114 cm³/mol. The van der Waals surface area contributed by atoms with Crippen LogP contribution in [0.3, 0.4) is 0 Å². The van der Waals surface area contributed by atoms with Crippen LogP contribution in [0, 0.1) is 24.1 Å². The normalized spacial score (nSPS) is 11.4. The molecular weight excluding hydrogens is 389 g/mol. The minimum absolute atomic E-state index is 0.205. The highest BCUT2D eigenvalue weighted by molar-refractivity contribution is 6.33. The summed E-state index contributed by atoms with van der Waals surface area (Å²) in [5, 5.41) is 14.3. The summed E-state index contributed by atoms with van der Waals surface area (Å²) in [5.74, 6) is 0.240. The molecule has 7 heteroatoms. The summed E-state index contributed by atoms with van der Waals surface area (Å²) in [7, 11) is 0. The Morgan fingerprint density at radius 2 is 2.07 bits per heavy atom. The molecule has 0 atom stereocenters. The van der Waals surface area contributed by atoms with Crippen LogP contribution in [0.15, 0.2) is 47.6 Å². The molecule has 0 radical (unpaired) electrons. The standard InChI is InChI=1S/C22H17ClFN5/c1-3-14-13(2)15(11-25)21-27-19-9-4-5-10-20(19)29(21)22(14)28-26-12-16-17(23)7-6-8-18(16)24/h4-10,12,28H,3H2,1-2H3/b26-12+. The van der Waals surface area contributed by atoms with Gasteiger partial charge in [0.05, 0.1) is 27.8 Å². The van der Waals surface area contributed by atoms with Crippen molar-refractivity contribution >= 4 is 40.3 Å². The van der Waals surface area contributed by atoms with Gasteiger partial charge in [0.15, 0.2) is 5.65 Å². The number of para-hydroxylation sites is 2. The molecule has 29 heavy (non-hydrogen) atoms. The van der Waals surface area contributed by atoms with Crippen molar-refractivity contribution < 1.29 is 4.39 Å². The van der Waals surface area contributed by atoms with E-state index in [2.05, 4.69) is 21.6 Å². The number of fused-ring (bicyclic) bond motifs is 3. The number of hydrogen-bond donors (Lipinski definition) is 1. The van der Waals surface area contributed by atoms with Gasteiger partial charge in [0.2, 0.25) is 0 Å². The maximum Gasteiger partial charge on any atom is 0.157 e. The summed E-state index contributed by atoms with van der Waals surface area (Å²) in [5.41, 5.74) is 7.76. The van der Waals surface area contributed by atoms with E-state index in [1.54, 1.807) is 12.1 Å². The first-order chi connectivity index (χ1) is 14.1. The molecule has 0 amide bonds. The van der Waals surface area contributed by atoms with E-state index in [1.165, 1.54) is 12.3 Å². The number of nitriles is 1. The zero-order valence-electron chi connectivity index (χ0n) is 15.9. The number of imidazole rings is 1. The van der Waals surface area contributed by atoms with E-state index in [9.17, 15) is 9.65 Å². The number of aromatic nitrogens is 2. The number of hydrazone groups is 1. The lowest BCUT2D eigenvalue weighted by atomic mass is 10.0. The largest absolute Gasteiger partial charge is 0.276 e. The van der Waals surface area contributed by atoms with Crippen molar-refractivity contribution in [2.45, 2.75) is 20.3 Å². The topological polar surface area (TPSA) is 65.5 Å². The lowest BCUT2D eigenvalue weighted by molar-refractivity contribution is 0.626. The van der Waals surface area contributed by atoms with Crippen molar-refractivity contribution in [3.05, 3.63) is 75.6 Å². The maximum absolute atomic E-state index is 14.0. The van der Waals surface area contributed by atoms with Crippen LogP contribution in [0.2, 0.25) is 5.02 Å². The fourth-order valence-electron chi connectivity index (χ4n) is 3.53. The summed E-state index contributed by atoms with van der Waals surface area (Å²) in [6.45, 7) is 3.91. The third-order valence-corrected chi connectivity index (χ3v) is 5.28. The Labute approximate surface area is 172 Å². The molecule has 0 spiro atoms. The average Bonchev–Trinajstić information content (AvgIpc) is 3.09.